The van der Waals surface area contributed by atoms with Gasteiger partial charge in [-0.3, -0.25) is 4.79 Å². The highest BCUT2D eigenvalue weighted by molar-refractivity contribution is 5.92. The topological polar surface area (TPSA) is 45.7 Å². The van der Waals surface area contributed by atoms with E-state index in [0.717, 1.165) is 19.4 Å². The number of nitrogens with zero attached hydrogens (tertiary/aromatic N) is 3. The zero-order valence-corrected chi connectivity index (χ0v) is 14.4. The fraction of sp³-hybridized carbons (Fsp3) is 0.667. The molecule has 4 rings (SSSR count). The van der Waals surface area contributed by atoms with Crippen LogP contribution in [0.3, 0.4) is 0 Å². The zero-order chi connectivity index (χ0) is 17.6. The molecule has 0 aromatic carbocycles. The zero-order valence-electron chi connectivity index (χ0n) is 14.4. The number of amides is 1. The number of carbonyl (C=O) groups excluding carboxylic acids is 1. The number of pyridine rings is 1. The van der Waals surface area contributed by atoms with Gasteiger partial charge in [0, 0.05) is 13.6 Å². The minimum absolute atomic E-state index is 0.149. The number of carbonyl (C=O) groups is 1. The van der Waals surface area contributed by atoms with Gasteiger partial charge in [0.15, 0.2) is 0 Å². The lowest BCUT2D eigenvalue weighted by Crippen LogP contribution is -2.56. The molecule has 3 fully saturated rings. The lowest BCUT2D eigenvalue weighted by Gasteiger charge is -2.40. The maximum absolute atomic E-state index is 13.2. The first-order chi connectivity index (χ1) is 11.9. The van der Waals surface area contributed by atoms with Crippen molar-refractivity contribution in [2.75, 3.05) is 38.2 Å². The number of anilines is 1. The van der Waals surface area contributed by atoms with Crippen molar-refractivity contribution in [3.05, 3.63) is 17.8 Å². The van der Waals surface area contributed by atoms with Crippen LogP contribution < -0.4 is 9.64 Å². The number of hydrogen-bond acceptors (Lipinski definition) is 4. The number of hydrogen-bond donors (Lipinski definition) is 0. The Bertz CT molecular complexity index is 666. The third-order valence-electron chi connectivity index (χ3n) is 4.97. The molecule has 5 nitrogen and oxygen atoms in total. The Hall–Kier alpha value is -1.92. The number of aromatic nitrogens is 1. The van der Waals surface area contributed by atoms with Crippen molar-refractivity contribution in [1.29, 1.82) is 0 Å². The summed E-state index contributed by atoms with van der Waals surface area (Å²) in [5.41, 5.74) is 0.859. The molecule has 2 heterocycles. The van der Waals surface area contributed by atoms with E-state index in [1.54, 1.807) is 29.0 Å². The summed E-state index contributed by atoms with van der Waals surface area (Å²) in [5, 5.41) is 0. The van der Waals surface area contributed by atoms with E-state index in [9.17, 15) is 13.6 Å². The second-order valence-corrected chi connectivity index (χ2v) is 7.62. The highest BCUT2D eigenvalue weighted by Gasteiger charge is 2.45. The number of halogens is 2. The van der Waals surface area contributed by atoms with Gasteiger partial charge in [0.1, 0.15) is 11.4 Å². The molecule has 136 valence electrons. The molecule has 2 saturated carbocycles. The predicted octanol–water partition coefficient (Wildman–Crippen LogP) is 2.81. The smallest absolute Gasteiger partial charge is 0.282 e. The van der Waals surface area contributed by atoms with E-state index in [1.165, 1.54) is 12.8 Å². The van der Waals surface area contributed by atoms with Crippen LogP contribution in [0, 0.1) is 11.8 Å². The molecular formula is C18H23F2N3O2. The summed E-state index contributed by atoms with van der Waals surface area (Å²) >= 11 is 0. The molecule has 0 atom stereocenters. The maximum Gasteiger partial charge on any atom is 0.282 e. The van der Waals surface area contributed by atoms with Crippen molar-refractivity contribution in [2.24, 2.45) is 11.8 Å². The van der Waals surface area contributed by atoms with Gasteiger partial charge in [-0.25, -0.2) is 13.8 Å². The van der Waals surface area contributed by atoms with Gasteiger partial charge in [0.05, 0.1) is 19.7 Å². The van der Waals surface area contributed by atoms with Crippen LogP contribution in [0.15, 0.2) is 12.1 Å². The van der Waals surface area contributed by atoms with Crippen LogP contribution in [-0.2, 0) is 0 Å². The molecule has 1 aliphatic heterocycles. The Labute approximate surface area is 146 Å². The first-order valence-corrected chi connectivity index (χ1v) is 8.93. The highest BCUT2D eigenvalue weighted by atomic mass is 19.3. The van der Waals surface area contributed by atoms with Gasteiger partial charge in [-0.15, -0.1) is 0 Å². The summed E-state index contributed by atoms with van der Waals surface area (Å²) in [4.78, 5) is 20.2. The van der Waals surface area contributed by atoms with E-state index in [2.05, 4.69) is 4.98 Å². The Kier molecular flexibility index (Phi) is 4.04. The van der Waals surface area contributed by atoms with Crippen molar-refractivity contribution in [2.45, 2.75) is 31.6 Å². The first kappa shape index (κ1) is 16.5. The average Bonchev–Trinajstić information content (AvgIpc) is 3.44. The lowest BCUT2D eigenvalue weighted by molar-refractivity contribution is -0.0265. The largest absolute Gasteiger partial charge is 0.476 e. The van der Waals surface area contributed by atoms with E-state index < -0.39 is 5.92 Å². The molecule has 0 unspecified atom stereocenters. The molecular weight excluding hydrogens is 328 g/mol. The Morgan fingerprint density at radius 3 is 2.56 bits per heavy atom. The Morgan fingerprint density at radius 2 is 1.96 bits per heavy atom. The molecule has 2 aliphatic carbocycles. The van der Waals surface area contributed by atoms with Gasteiger partial charge < -0.3 is 14.5 Å². The molecule has 25 heavy (non-hydrogen) atoms. The summed E-state index contributed by atoms with van der Waals surface area (Å²) in [6.45, 7) is 0.603. The molecule has 7 heteroatoms. The van der Waals surface area contributed by atoms with Crippen LogP contribution in [0.1, 0.15) is 36.2 Å². The molecule has 0 radical (unpaired) electrons. The second-order valence-electron chi connectivity index (χ2n) is 7.62. The van der Waals surface area contributed by atoms with Crippen molar-refractivity contribution < 1.29 is 18.3 Å². The van der Waals surface area contributed by atoms with Gasteiger partial charge >= 0.3 is 0 Å². The molecule has 1 amide bonds. The first-order valence-electron chi connectivity index (χ1n) is 8.93. The van der Waals surface area contributed by atoms with Crippen molar-refractivity contribution in [3.8, 4) is 5.88 Å². The Balaban J connectivity index is 1.51. The van der Waals surface area contributed by atoms with Gasteiger partial charge in [0.2, 0.25) is 5.88 Å². The second kappa shape index (κ2) is 6.11. The van der Waals surface area contributed by atoms with Crippen LogP contribution >= 0.6 is 0 Å². The van der Waals surface area contributed by atoms with Crippen LogP contribution in [0.25, 0.3) is 0 Å². The lowest BCUT2D eigenvalue weighted by atomic mass is 10.1. The standard InChI is InChI=1S/C18H23F2N3O2/c1-22(8-12-2-3-12)17(24)14-6-7-15(23-10-18(19,20)11-23)16(21-14)25-9-13-4-5-13/h6-7,12-13H,2-5,8-11H2,1H3. The fourth-order valence-electron chi connectivity index (χ4n) is 3.03. The van der Waals surface area contributed by atoms with Crippen LogP contribution in [0.2, 0.25) is 0 Å². The highest BCUT2D eigenvalue weighted by Crippen LogP contribution is 2.38. The third kappa shape index (κ3) is 3.85. The van der Waals surface area contributed by atoms with E-state index in [1.807, 2.05) is 0 Å². The monoisotopic (exact) mass is 351 g/mol. The number of ether oxygens (including phenoxy) is 1. The van der Waals surface area contributed by atoms with Crippen molar-refractivity contribution >= 4 is 11.6 Å². The molecule has 3 aliphatic rings. The molecule has 0 bridgehead atoms. The minimum atomic E-state index is -2.66. The van der Waals surface area contributed by atoms with Crippen LogP contribution in [-0.4, -0.2) is 55.0 Å². The van der Waals surface area contributed by atoms with E-state index in [-0.39, 0.29) is 19.0 Å². The fourth-order valence-corrected chi connectivity index (χ4v) is 3.03. The summed E-state index contributed by atoms with van der Waals surface area (Å²) in [5.74, 6) is -1.39. The van der Waals surface area contributed by atoms with Crippen LogP contribution in [0.5, 0.6) is 5.88 Å². The summed E-state index contributed by atoms with van der Waals surface area (Å²) < 4.78 is 32.2. The number of rotatable bonds is 7. The summed E-state index contributed by atoms with van der Waals surface area (Å²) in [7, 11) is 1.77. The Morgan fingerprint density at radius 1 is 1.28 bits per heavy atom. The minimum Gasteiger partial charge on any atom is -0.476 e. The van der Waals surface area contributed by atoms with Gasteiger partial charge in [-0.05, 0) is 49.7 Å². The van der Waals surface area contributed by atoms with E-state index in [4.69, 9.17) is 4.74 Å². The van der Waals surface area contributed by atoms with Gasteiger partial charge in [-0.1, -0.05) is 0 Å². The third-order valence-corrected chi connectivity index (χ3v) is 4.97. The quantitative estimate of drug-likeness (QED) is 0.758. The van der Waals surface area contributed by atoms with Crippen molar-refractivity contribution in [3.63, 3.8) is 0 Å². The normalized spacial score (nSPS) is 21.6. The summed E-state index contributed by atoms with van der Waals surface area (Å²) in [6, 6.07) is 3.30. The van der Waals surface area contributed by atoms with Gasteiger partial charge in [-0.2, -0.15) is 0 Å². The SMILES string of the molecule is CN(CC1CC1)C(=O)c1ccc(N2CC(F)(F)C2)c(OCC2CC2)n1. The molecule has 0 spiro atoms. The molecule has 1 saturated heterocycles. The maximum atomic E-state index is 13.2. The van der Waals surface area contributed by atoms with E-state index >= 15 is 0 Å². The average molecular weight is 351 g/mol. The van der Waals surface area contributed by atoms with Gasteiger partial charge in [0.25, 0.3) is 11.8 Å². The summed E-state index contributed by atoms with van der Waals surface area (Å²) in [6.07, 6.45) is 4.59. The van der Waals surface area contributed by atoms with E-state index in [0.29, 0.717) is 35.7 Å². The van der Waals surface area contributed by atoms with Crippen LogP contribution in [0.4, 0.5) is 14.5 Å². The predicted molar refractivity (Wildman–Crippen MR) is 89.3 cm³/mol. The number of alkyl halides is 2. The molecule has 1 aromatic heterocycles. The molecule has 1 aromatic rings. The molecule has 0 N–H and O–H groups in total. The van der Waals surface area contributed by atoms with Crippen molar-refractivity contribution in [1.82, 2.24) is 9.88 Å².